The van der Waals surface area contributed by atoms with E-state index in [4.69, 9.17) is 11.6 Å². The zero-order valence-electron chi connectivity index (χ0n) is 10.4. The highest BCUT2D eigenvalue weighted by molar-refractivity contribution is 7.99. The summed E-state index contributed by atoms with van der Waals surface area (Å²) < 4.78 is 0. The summed E-state index contributed by atoms with van der Waals surface area (Å²) in [6.07, 6.45) is 0. The van der Waals surface area contributed by atoms with Crippen LogP contribution < -0.4 is 0 Å². The van der Waals surface area contributed by atoms with Gasteiger partial charge in [0.1, 0.15) is 0 Å². The zero-order valence-corrected chi connectivity index (χ0v) is 12.0. The standard InChI is InChI=1S/C13H20ClNS/c1-10(2)16-12-7-5-11(6-8-12)13(9-14)15(3)4/h5-8,10,13H,9H2,1-4H3. The maximum atomic E-state index is 5.97. The lowest BCUT2D eigenvalue weighted by atomic mass is 10.1. The molecule has 0 bridgehead atoms. The van der Waals surface area contributed by atoms with Gasteiger partial charge in [-0.05, 0) is 31.8 Å². The number of rotatable bonds is 5. The largest absolute Gasteiger partial charge is 0.301 e. The van der Waals surface area contributed by atoms with E-state index in [9.17, 15) is 0 Å². The molecular weight excluding hydrogens is 238 g/mol. The average molecular weight is 258 g/mol. The van der Waals surface area contributed by atoms with Crippen LogP contribution in [0.25, 0.3) is 0 Å². The molecule has 0 N–H and O–H groups in total. The van der Waals surface area contributed by atoms with Gasteiger partial charge in [-0.3, -0.25) is 0 Å². The predicted molar refractivity (Wildman–Crippen MR) is 74.6 cm³/mol. The SMILES string of the molecule is CC(C)Sc1ccc(C(CCl)N(C)C)cc1. The van der Waals surface area contributed by atoms with Crippen LogP contribution in [-0.4, -0.2) is 30.1 Å². The lowest BCUT2D eigenvalue weighted by Gasteiger charge is -2.22. The summed E-state index contributed by atoms with van der Waals surface area (Å²) in [5.41, 5.74) is 1.29. The summed E-state index contributed by atoms with van der Waals surface area (Å²) in [4.78, 5) is 3.48. The van der Waals surface area contributed by atoms with Crippen molar-refractivity contribution in [3.8, 4) is 0 Å². The number of halogens is 1. The highest BCUT2D eigenvalue weighted by Crippen LogP contribution is 2.26. The Kier molecular flexibility index (Phi) is 5.67. The fraction of sp³-hybridized carbons (Fsp3) is 0.538. The van der Waals surface area contributed by atoms with Gasteiger partial charge in [-0.2, -0.15) is 0 Å². The molecule has 0 amide bonds. The number of benzene rings is 1. The van der Waals surface area contributed by atoms with E-state index in [-0.39, 0.29) is 0 Å². The summed E-state index contributed by atoms with van der Waals surface area (Å²) in [5.74, 6) is 0.629. The lowest BCUT2D eigenvalue weighted by molar-refractivity contribution is 0.324. The molecule has 0 aliphatic heterocycles. The minimum absolute atomic E-state index is 0.305. The number of hydrogen-bond donors (Lipinski definition) is 0. The average Bonchev–Trinajstić information content (AvgIpc) is 2.20. The Morgan fingerprint density at radius 3 is 2.12 bits per heavy atom. The summed E-state index contributed by atoms with van der Waals surface area (Å²) in [7, 11) is 4.12. The molecule has 16 heavy (non-hydrogen) atoms. The first kappa shape index (κ1) is 13.9. The predicted octanol–water partition coefficient (Wildman–Crippen LogP) is 4.03. The van der Waals surface area contributed by atoms with E-state index in [1.165, 1.54) is 10.5 Å². The maximum absolute atomic E-state index is 5.97. The van der Waals surface area contributed by atoms with E-state index in [0.717, 1.165) is 0 Å². The molecule has 1 rings (SSSR count). The van der Waals surface area contributed by atoms with Crippen LogP contribution >= 0.6 is 23.4 Å². The third-order valence-corrected chi connectivity index (χ3v) is 3.71. The van der Waals surface area contributed by atoms with Gasteiger partial charge in [-0.1, -0.05) is 26.0 Å². The number of hydrogen-bond acceptors (Lipinski definition) is 2. The van der Waals surface area contributed by atoms with Crippen LogP contribution in [0.15, 0.2) is 29.2 Å². The minimum atomic E-state index is 0.305. The second-order valence-electron chi connectivity index (χ2n) is 4.37. The normalized spacial score (nSPS) is 13.4. The van der Waals surface area contributed by atoms with Crippen molar-refractivity contribution < 1.29 is 0 Å². The van der Waals surface area contributed by atoms with Gasteiger partial charge in [0, 0.05) is 22.1 Å². The van der Waals surface area contributed by atoms with Gasteiger partial charge in [0.15, 0.2) is 0 Å². The maximum Gasteiger partial charge on any atom is 0.0477 e. The Morgan fingerprint density at radius 2 is 1.75 bits per heavy atom. The van der Waals surface area contributed by atoms with E-state index in [1.54, 1.807) is 0 Å². The van der Waals surface area contributed by atoms with Crippen molar-refractivity contribution in [1.29, 1.82) is 0 Å². The van der Waals surface area contributed by atoms with E-state index in [2.05, 4.69) is 57.1 Å². The van der Waals surface area contributed by atoms with Gasteiger partial charge in [-0.15, -0.1) is 23.4 Å². The third kappa shape index (κ3) is 4.00. The highest BCUT2D eigenvalue weighted by Gasteiger charge is 2.12. The first-order valence-electron chi connectivity index (χ1n) is 5.53. The molecule has 0 fully saturated rings. The van der Waals surface area contributed by atoms with Crippen molar-refractivity contribution >= 4 is 23.4 Å². The molecule has 1 atom stereocenters. The van der Waals surface area contributed by atoms with Gasteiger partial charge in [-0.25, -0.2) is 0 Å². The van der Waals surface area contributed by atoms with Crippen LogP contribution in [0.4, 0.5) is 0 Å². The van der Waals surface area contributed by atoms with Gasteiger partial charge in [0.25, 0.3) is 0 Å². The Hall–Kier alpha value is -0.180. The molecule has 90 valence electrons. The molecule has 3 heteroatoms. The molecule has 0 aromatic heterocycles. The first-order chi connectivity index (χ1) is 7.54. The van der Waals surface area contributed by atoms with Crippen LogP contribution in [0.2, 0.25) is 0 Å². The molecule has 0 saturated carbocycles. The van der Waals surface area contributed by atoms with Crippen LogP contribution in [0.1, 0.15) is 25.5 Å². The van der Waals surface area contributed by atoms with Crippen LogP contribution in [0, 0.1) is 0 Å². The topological polar surface area (TPSA) is 3.24 Å². The summed E-state index contributed by atoms with van der Waals surface area (Å²) >= 11 is 7.86. The second kappa shape index (κ2) is 6.53. The highest BCUT2D eigenvalue weighted by atomic mass is 35.5. The van der Waals surface area contributed by atoms with E-state index in [1.807, 2.05) is 11.8 Å². The van der Waals surface area contributed by atoms with Gasteiger partial charge in [0.05, 0.1) is 0 Å². The third-order valence-electron chi connectivity index (χ3n) is 2.41. The van der Waals surface area contributed by atoms with Crippen molar-refractivity contribution in [3.63, 3.8) is 0 Å². The van der Waals surface area contributed by atoms with Gasteiger partial charge in [0.2, 0.25) is 0 Å². The molecule has 0 radical (unpaired) electrons. The molecule has 0 saturated heterocycles. The Labute approximate surface area is 108 Å². The molecular formula is C13H20ClNS. The van der Waals surface area contributed by atoms with Crippen molar-refractivity contribution in [2.45, 2.75) is 30.0 Å². The molecule has 0 spiro atoms. The molecule has 1 aromatic rings. The molecule has 1 nitrogen and oxygen atoms in total. The van der Waals surface area contributed by atoms with Crippen LogP contribution in [0.3, 0.4) is 0 Å². The number of nitrogens with zero attached hydrogens (tertiary/aromatic N) is 1. The van der Waals surface area contributed by atoms with Gasteiger partial charge >= 0.3 is 0 Å². The van der Waals surface area contributed by atoms with E-state index < -0.39 is 0 Å². The van der Waals surface area contributed by atoms with Crippen molar-refractivity contribution in [1.82, 2.24) is 4.90 Å². The Bertz CT molecular complexity index is 308. The summed E-state index contributed by atoms with van der Waals surface area (Å²) in [6, 6.07) is 9.03. The summed E-state index contributed by atoms with van der Waals surface area (Å²) in [5, 5.41) is 0.628. The summed E-state index contributed by atoms with van der Waals surface area (Å²) in [6.45, 7) is 4.42. The first-order valence-corrected chi connectivity index (χ1v) is 6.95. The van der Waals surface area contributed by atoms with E-state index in [0.29, 0.717) is 17.2 Å². The molecule has 0 aliphatic carbocycles. The fourth-order valence-corrected chi connectivity index (χ4v) is 2.86. The monoisotopic (exact) mass is 257 g/mol. The quantitative estimate of drug-likeness (QED) is 0.579. The zero-order chi connectivity index (χ0) is 12.1. The van der Waals surface area contributed by atoms with E-state index >= 15 is 0 Å². The molecule has 0 heterocycles. The van der Waals surface area contributed by atoms with Crippen LogP contribution in [-0.2, 0) is 0 Å². The van der Waals surface area contributed by atoms with Crippen molar-refractivity contribution in [2.75, 3.05) is 20.0 Å². The Morgan fingerprint density at radius 1 is 1.19 bits per heavy atom. The number of alkyl halides is 1. The molecule has 0 aliphatic rings. The number of thioether (sulfide) groups is 1. The minimum Gasteiger partial charge on any atom is -0.301 e. The molecule has 1 aromatic carbocycles. The van der Waals surface area contributed by atoms with Gasteiger partial charge < -0.3 is 4.90 Å². The Balaban J connectivity index is 2.77. The molecule has 1 unspecified atom stereocenters. The lowest BCUT2D eigenvalue weighted by Crippen LogP contribution is -2.21. The van der Waals surface area contributed by atoms with Crippen molar-refractivity contribution in [3.05, 3.63) is 29.8 Å². The smallest absolute Gasteiger partial charge is 0.0477 e. The fourth-order valence-electron chi connectivity index (χ4n) is 1.57. The second-order valence-corrected chi connectivity index (χ2v) is 6.33. The van der Waals surface area contributed by atoms with Crippen molar-refractivity contribution in [2.24, 2.45) is 0 Å². The van der Waals surface area contributed by atoms with Crippen LogP contribution in [0.5, 0.6) is 0 Å².